The van der Waals surface area contributed by atoms with Crippen LogP contribution in [0.25, 0.3) is 11.0 Å². The van der Waals surface area contributed by atoms with Crippen molar-refractivity contribution in [3.63, 3.8) is 0 Å². The van der Waals surface area contributed by atoms with Crippen molar-refractivity contribution in [2.75, 3.05) is 10.6 Å². The summed E-state index contributed by atoms with van der Waals surface area (Å²) < 4.78 is 2.38. The first-order chi connectivity index (χ1) is 16.4. The van der Waals surface area contributed by atoms with Gasteiger partial charge in [0.1, 0.15) is 6.54 Å². The molecule has 0 aliphatic rings. The number of rotatable bonds is 7. The number of aryl methyl sites for hydroxylation is 1. The molecule has 2 aromatic heterocycles. The fraction of sp³-hybridized carbons (Fsp3) is 0.160. The standard InChI is InChI=1S/C25H23N5O4/c1-17(31)27-19-9-11-20(12-10-19)28-22(32)16-30-21-8-5-14-26-23(21)24(33)29(25(30)34)15-13-18-6-3-2-4-7-18/h2-12,14H,13,15-16H2,1H3,(H,27,31)(H,28,32). The summed E-state index contributed by atoms with van der Waals surface area (Å²) in [5, 5.41) is 5.39. The van der Waals surface area contributed by atoms with E-state index < -0.39 is 17.2 Å². The van der Waals surface area contributed by atoms with Crippen molar-refractivity contribution in [2.24, 2.45) is 0 Å². The Hall–Kier alpha value is -4.53. The van der Waals surface area contributed by atoms with Crippen molar-refractivity contribution in [3.05, 3.63) is 99.3 Å². The largest absolute Gasteiger partial charge is 0.332 e. The molecule has 0 spiro atoms. The number of aromatic nitrogens is 3. The third kappa shape index (κ3) is 5.09. The average Bonchev–Trinajstić information content (AvgIpc) is 2.83. The summed E-state index contributed by atoms with van der Waals surface area (Å²) in [6.45, 7) is 1.28. The summed E-state index contributed by atoms with van der Waals surface area (Å²) >= 11 is 0. The number of carbonyl (C=O) groups is 2. The maximum atomic E-state index is 13.2. The van der Waals surface area contributed by atoms with Crippen LogP contribution < -0.4 is 21.9 Å². The first-order valence-corrected chi connectivity index (χ1v) is 10.7. The molecule has 0 radical (unpaired) electrons. The predicted octanol–water partition coefficient (Wildman–Crippen LogP) is 2.40. The molecule has 0 atom stereocenters. The molecule has 0 bridgehead atoms. The van der Waals surface area contributed by atoms with Gasteiger partial charge in [-0.15, -0.1) is 0 Å². The van der Waals surface area contributed by atoms with E-state index in [1.165, 1.54) is 17.7 Å². The zero-order valence-electron chi connectivity index (χ0n) is 18.5. The molecule has 2 aromatic carbocycles. The fourth-order valence-electron chi connectivity index (χ4n) is 3.66. The monoisotopic (exact) mass is 457 g/mol. The smallest absolute Gasteiger partial charge is 0.326 e. The van der Waals surface area contributed by atoms with E-state index in [1.807, 2.05) is 30.3 Å². The summed E-state index contributed by atoms with van der Waals surface area (Å²) in [5.74, 6) is -0.633. The number of hydrogen-bond acceptors (Lipinski definition) is 5. The lowest BCUT2D eigenvalue weighted by atomic mass is 10.1. The maximum absolute atomic E-state index is 13.2. The lowest BCUT2D eigenvalue weighted by Gasteiger charge is -2.14. The van der Waals surface area contributed by atoms with E-state index in [0.717, 1.165) is 10.1 Å². The van der Waals surface area contributed by atoms with E-state index >= 15 is 0 Å². The Morgan fingerprint density at radius 1 is 0.853 bits per heavy atom. The van der Waals surface area contributed by atoms with Crippen molar-refractivity contribution in [2.45, 2.75) is 26.4 Å². The van der Waals surface area contributed by atoms with Crippen molar-refractivity contribution in [3.8, 4) is 0 Å². The van der Waals surface area contributed by atoms with Gasteiger partial charge in [-0.2, -0.15) is 0 Å². The molecule has 0 saturated heterocycles. The SMILES string of the molecule is CC(=O)Nc1ccc(NC(=O)Cn2c(=O)n(CCc3ccccc3)c(=O)c3ncccc32)cc1. The minimum Gasteiger partial charge on any atom is -0.326 e. The van der Waals surface area contributed by atoms with Gasteiger partial charge in [0, 0.05) is 31.0 Å². The molecule has 2 heterocycles. The predicted molar refractivity (Wildman–Crippen MR) is 130 cm³/mol. The van der Waals surface area contributed by atoms with Gasteiger partial charge in [0.05, 0.1) is 5.52 Å². The molecular weight excluding hydrogens is 434 g/mol. The van der Waals surface area contributed by atoms with Gasteiger partial charge >= 0.3 is 5.69 Å². The van der Waals surface area contributed by atoms with Crippen molar-refractivity contribution >= 4 is 34.2 Å². The van der Waals surface area contributed by atoms with Crippen LogP contribution in [0, 0.1) is 0 Å². The van der Waals surface area contributed by atoms with Gasteiger partial charge in [-0.1, -0.05) is 30.3 Å². The number of amides is 2. The van der Waals surface area contributed by atoms with E-state index in [2.05, 4.69) is 15.6 Å². The molecule has 4 rings (SSSR count). The molecule has 34 heavy (non-hydrogen) atoms. The number of anilines is 2. The van der Waals surface area contributed by atoms with E-state index in [1.54, 1.807) is 36.4 Å². The van der Waals surface area contributed by atoms with E-state index in [4.69, 9.17) is 0 Å². The first-order valence-electron chi connectivity index (χ1n) is 10.7. The number of nitrogens with zero attached hydrogens (tertiary/aromatic N) is 3. The minimum absolute atomic E-state index is 0.127. The molecule has 0 aliphatic heterocycles. The van der Waals surface area contributed by atoms with Crippen LogP contribution in [-0.2, 0) is 29.1 Å². The highest BCUT2D eigenvalue weighted by Crippen LogP contribution is 2.14. The van der Waals surface area contributed by atoms with Crippen LogP contribution in [-0.4, -0.2) is 25.9 Å². The third-order valence-electron chi connectivity index (χ3n) is 5.24. The van der Waals surface area contributed by atoms with Gasteiger partial charge in [-0.05, 0) is 48.4 Å². The molecule has 4 aromatic rings. The minimum atomic E-state index is -0.572. The first kappa shape index (κ1) is 22.7. The fourth-order valence-corrected chi connectivity index (χ4v) is 3.66. The van der Waals surface area contributed by atoms with Gasteiger partial charge in [0.25, 0.3) is 5.56 Å². The Kier molecular flexibility index (Phi) is 6.63. The molecule has 0 fully saturated rings. The second-order valence-corrected chi connectivity index (χ2v) is 7.74. The van der Waals surface area contributed by atoms with Gasteiger partial charge < -0.3 is 10.6 Å². The quantitative estimate of drug-likeness (QED) is 0.442. The lowest BCUT2D eigenvalue weighted by Crippen LogP contribution is -2.42. The van der Waals surface area contributed by atoms with Gasteiger partial charge in [0.15, 0.2) is 5.52 Å². The van der Waals surface area contributed by atoms with Gasteiger partial charge in [-0.3, -0.25) is 23.5 Å². The molecule has 2 amide bonds. The van der Waals surface area contributed by atoms with Crippen LogP contribution in [0.3, 0.4) is 0 Å². The van der Waals surface area contributed by atoms with E-state index in [0.29, 0.717) is 23.3 Å². The molecule has 172 valence electrons. The van der Waals surface area contributed by atoms with Crippen molar-refractivity contribution in [1.29, 1.82) is 0 Å². The van der Waals surface area contributed by atoms with Crippen LogP contribution in [0.4, 0.5) is 11.4 Å². The Morgan fingerprint density at radius 3 is 2.21 bits per heavy atom. The number of carbonyl (C=O) groups excluding carboxylic acids is 2. The zero-order chi connectivity index (χ0) is 24.1. The second kappa shape index (κ2) is 9.95. The molecule has 2 N–H and O–H groups in total. The van der Waals surface area contributed by atoms with Gasteiger partial charge in [-0.25, -0.2) is 9.78 Å². The van der Waals surface area contributed by atoms with E-state index in [-0.39, 0.29) is 24.5 Å². The summed E-state index contributed by atoms with van der Waals surface area (Å²) in [5.41, 5.74) is 1.46. The van der Waals surface area contributed by atoms with Crippen LogP contribution in [0.15, 0.2) is 82.5 Å². The number of pyridine rings is 1. The van der Waals surface area contributed by atoms with Crippen molar-refractivity contribution in [1.82, 2.24) is 14.1 Å². The average molecular weight is 457 g/mol. The van der Waals surface area contributed by atoms with Gasteiger partial charge in [0.2, 0.25) is 11.8 Å². The van der Waals surface area contributed by atoms with Crippen LogP contribution in [0.5, 0.6) is 0 Å². The summed E-state index contributed by atoms with van der Waals surface area (Å²) in [6, 6.07) is 19.4. The maximum Gasteiger partial charge on any atom is 0.332 e. The highest BCUT2D eigenvalue weighted by Gasteiger charge is 2.16. The summed E-state index contributed by atoms with van der Waals surface area (Å²) in [7, 11) is 0. The third-order valence-corrected chi connectivity index (χ3v) is 5.24. The molecule has 9 nitrogen and oxygen atoms in total. The number of fused-ring (bicyclic) bond motifs is 1. The Labute approximate surface area is 194 Å². The topological polar surface area (TPSA) is 115 Å². The van der Waals surface area contributed by atoms with E-state index in [9.17, 15) is 19.2 Å². The number of nitrogens with one attached hydrogen (secondary N) is 2. The summed E-state index contributed by atoms with van der Waals surface area (Å²) in [6.07, 6.45) is 1.97. The molecule has 0 unspecified atom stereocenters. The Balaban J connectivity index is 1.61. The highest BCUT2D eigenvalue weighted by molar-refractivity contribution is 5.92. The van der Waals surface area contributed by atoms with Crippen LogP contribution >= 0.6 is 0 Å². The highest BCUT2D eigenvalue weighted by atomic mass is 16.2. The Morgan fingerprint density at radius 2 is 1.53 bits per heavy atom. The number of hydrogen-bond donors (Lipinski definition) is 2. The molecule has 9 heteroatoms. The molecule has 0 saturated carbocycles. The normalized spacial score (nSPS) is 10.7. The summed E-state index contributed by atoms with van der Waals surface area (Å²) in [4.78, 5) is 54.3. The van der Waals surface area contributed by atoms with Crippen LogP contribution in [0.2, 0.25) is 0 Å². The second-order valence-electron chi connectivity index (χ2n) is 7.74. The Bertz CT molecular complexity index is 1460. The van der Waals surface area contributed by atoms with Crippen molar-refractivity contribution < 1.29 is 9.59 Å². The number of benzene rings is 2. The molecule has 0 aliphatic carbocycles. The zero-order valence-corrected chi connectivity index (χ0v) is 18.5. The lowest BCUT2D eigenvalue weighted by molar-refractivity contribution is -0.117. The van der Waals surface area contributed by atoms with Crippen LogP contribution in [0.1, 0.15) is 12.5 Å². The molecular formula is C25H23N5O4.